The van der Waals surface area contributed by atoms with Gasteiger partial charge in [0, 0.05) is 31.6 Å². The van der Waals surface area contributed by atoms with Crippen molar-refractivity contribution in [2.75, 3.05) is 25.0 Å². The molecular formula is C18H22N8O2. The lowest BCUT2D eigenvalue weighted by atomic mass is 9.96. The molecule has 0 saturated carbocycles. The van der Waals surface area contributed by atoms with Gasteiger partial charge in [-0.3, -0.25) is 9.59 Å². The van der Waals surface area contributed by atoms with Gasteiger partial charge in [0.2, 0.25) is 0 Å². The standard InChI is InChI=1S/C18H22N8O2/c1-18(2,3)17-22-20-13-6-7-14(23-26(13)17)25-9-11(10-25)24(4)16(28)12-5-8-15(27)21-19-12/h5-8,11H,9-10H2,1-4H3,(H,21,27). The third-order valence-electron chi connectivity index (χ3n) is 4.87. The second kappa shape index (κ2) is 6.39. The van der Waals surface area contributed by atoms with E-state index < -0.39 is 0 Å². The highest BCUT2D eigenvalue weighted by molar-refractivity contribution is 5.92. The lowest BCUT2D eigenvalue weighted by molar-refractivity contribution is 0.0697. The lowest BCUT2D eigenvalue weighted by Gasteiger charge is -2.44. The van der Waals surface area contributed by atoms with Crippen LogP contribution in [0.15, 0.2) is 29.1 Å². The highest BCUT2D eigenvalue weighted by Gasteiger charge is 2.34. The molecule has 1 aliphatic rings. The summed E-state index contributed by atoms with van der Waals surface area (Å²) in [6.07, 6.45) is 0. The zero-order valence-corrected chi connectivity index (χ0v) is 16.2. The van der Waals surface area contributed by atoms with Gasteiger partial charge in [0.25, 0.3) is 11.5 Å². The molecule has 1 amide bonds. The zero-order chi connectivity index (χ0) is 20.1. The van der Waals surface area contributed by atoms with Crippen molar-refractivity contribution in [3.8, 4) is 0 Å². The smallest absolute Gasteiger partial charge is 0.274 e. The van der Waals surface area contributed by atoms with Crippen molar-refractivity contribution in [2.45, 2.75) is 32.2 Å². The van der Waals surface area contributed by atoms with E-state index in [0.717, 1.165) is 11.6 Å². The number of carbonyl (C=O) groups is 1. The van der Waals surface area contributed by atoms with Gasteiger partial charge in [-0.2, -0.15) is 9.61 Å². The number of fused-ring (bicyclic) bond motifs is 1. The first kappa shape index (κ1) is 18.1. The second-order valence-corrected chi connectivity index (χ2v) is 8.02. The van der Waals surface area contributed by atoms with Crippen molar-refractivity contribution in [1.29, 1.82) is 0 Å². The van der Waals surface area contributed by atoms with Gasteiger partial charge in [-0.1, -0.05) is 20.8 Å². The molecule has 146 valence electrons. The maximum atomic E-state index is 12.5. The van der Waals surface area contributed by atoms with Crippen LogP contribution in [-0.4, -0.2) is 67.0 Å². The highest BCUT2D eigenvalue weighted by atomic mass is 16.2. The van der Waals surface area contributed by atoms with Crippen LogP contribution >= 0.6 is 0 Å². The highest BCUT2D eigenvalue weighted by Crippen LogP contribution is 2.25. The van der Waals surface area contributed by atoms with Crippen LogP contribution in [0.3, 0.4) is 0 Å². The third-order valence-corrected chi connectivity index (χ3v) is 4.87. The minimum atomic E-state index is -0.334. The van der Waals surface area contributed by atoms with Crippen LogP contribution in [0.4, 0.5) is 5.82 Å². The van der Waals surface area contributed by atoms with Crippen LogP contribution < -0.4 is 10.5 Å². The van der Waals surface area contributed by atoms with Gasteiger partial charge in [0.05, 0.1) is 6.04 Å². The van der Waals surface area contributed by atoms with Crippen molar-refractivity contribution in [3.05, 3.63) is 46.1 Å². The Balaban J connectivity index is 1.48. The van der Waals surface area contributed by atoms with Gasteiger partial charge in [0.1, 0.15) is 11.5 Å². The van der Waals surface area contributed by atoms with E-state index in [-0.39, 0.29) is 28.6 Å². The quantitative estimate of drug-likeness (QED) is 0.700. The predicted molar refractivity (Wildman–Crippen MR) is 102 cm³/mol. The number of likely N-dealkylation sites (N-methyl/N-ethyl adjacent to an activating group) is 1. The summed E-state index contributed by atoms with van der Waals surface area (Å²) < 4.78 is 1.78. The Labute approximate surface area is 161 Å². The van der Waals surface area contributed by atoms with Gasteiger partial charge < -0.3 is 9.80 Å². The minimum Gasteiger partial charge on any atom is -0.351 e. The van der Waals surface area contributed by atoms with Gasteiger partial charge in [-0.25, -0.2) is 5.10 Å². The van der Waals surface area contributed by atoms with Crippen LogP contribution in [0.5, 0.6) is 0 Å². The summed E-state index contributed by atoms with van der Waals surface area (Å²) in [5, 5.41) is 19.2. The van der Waals surface area contributed by atoms with Crippen molar-refractivity contribution in [3.63, 3.8) is 0 Å². The molecule has 1 fully saturated rings. The molecule has 3 aromatic rings. The molecule has 10 nitrogen and oxygen atoms in total. The van der Waals surface area contributed by atoms with Gasteiger partial charge in [-0.15, -0.1) is 15.3 Å². The summed E-state index contributed by atoms with van der Waals surface area (Å²) in [6.45, 7) is 7.54. The van der Waals surface area contributed by atoms with E-state index in [1.807, 2.05) is 12.1 Å². The molecule has 0 unspecified atom stereocenters. The molecule has 4 rings (SSSR count). The van der Waals surface area contributed by atoms with Crippen molar-refractivity contribution in [2.24, 2.45) is 0 Å². The van der Waals surface area contributed by atoms with E-state index in [1.54, 1.807) is 16.5 Å². The second-order valence-electron chi connectivity index (χ2n) is 8.02. The fraction of sp³-hybridized carbons (Fsp3) is 0.444. The Morgan fingerprint density at radius 1 is 1.18 bits per heavy atom. The van der Waals surface area contributed by atoms with E-state index in [2.05, 4.69) is 46.1 Å². The van der Waals surface area contributed by atoms with Crippen LogP contribution in [-0.2, 0) is 5.41 Å². The summed E-state index contributed by atoms with van der Waals surface area (Å²) in [5.41, 5.74) is 0.430. The molecule has 0 radical (unpaired) electrons. The summed E-state index contributed by atoms with van der Waals surface area (Å²) in [4.78, 5) is 27.4. The minimum absolute atomic E-state index is 0.0433. The molecule has 10 heteroatoms. The molecular weight excluding hydrogens is 360 g/mol. The summed E-state index contributed by atoms with van der Waals surface area (Å²) in [5.74, 6) is 1.40. The number of aromatic amines is 1. The molecule has 0 spiro atoms. The van der Waals surface area contributed by atoms with Crippen LogP contribution in [0.1, 0.15) is 37.1 Å². The molecule has 3 aromatic heterocycles. The monoisotopic (exact) mass is 382 g/mol. The van der Waals surface area contributed by atoms with E-state index in [4.69, 9.17) is 5.10 Å². The summed E-state index contributed by atoms with van der Waals surface area (Å²) in [6, 6.07) is 6.59. The number of hydrogen-bond donors (Lipinski definition) is 1. The van der Waals surface area contributed by atoms with Crippen molar-refractivity contribution >= 4 is 17.4 Å². The number of amides is 1. The Hall–Kier alpha value is -3.30. The topological polar surface area (TPSA) is 112 Å². The number of nitrogens with zero attached hydrogens (tertiary/aromatic N) is 7. The average Bonchev–Trinajstić information content (AvgIpc) is 3.04. The Morgan fingerprint density at radius 3 is 2.57 bits per heavy atom. The number of carbonyl (C=O) groups excluding carboxylic acids is 1. The Morgan fingerprint density at radius 2 is 1.93 bits per heavy atom. The normalized spacial score (nSPS) is 14.9. The lowest BCUT2D eigenvalue weighted by Crippen LogP contribution is -2.60. The number of nitrogens with one attached hydrogen (secondary N) is 1. The van der Waals surface area contributed by atoms with Crippen LogP contribution in [0, 0.1) is 0 Å². The van der Waals surface area contributed by atoms with Crippen molar-refractivity contribution in [1.82, 2.24) is 34.9 Å². The first-order valence-electron chi connectivity index (χ1n) is 9.05. The van der Waals surface area contributed by atoms with Gasteiger partial charge in [0.15, 0.2) is 11.5 Å². The maximum absolute atomic E-state index is 12.5. The Kier molecular flexibility index (Phi) is 4.13. The van der Waals surface area contributed by atoms with E-state index in [9.17, 15) is 9.59 Å². The number of rotatable bonds is 3. The molecule has 28 heavy (non-hydrogen) atoms. The molecule has 0 aliphatic carbocycles. The first-order valence-corrected chi connectivity index (χ1v) is 9.05. The van der Waals surface area contributed by atoms with E-state index >= 15 is 0 Å². The Bertz CT molecular complexity index is 1070. The SMILES string of the molecule is CN(C(=O)c1ccc(=O)[nH]n1)C1CN(c2ccc3nnc(C(C)(C)C)n3n2)C1. The van der Waals surface area contributed by atoms with Crippen molar-refractivity contribution < 1.29 is 4.79 Å². The van der Waals surface area contributed by atoms with E-state index in [0.29, 0.717) is 18.7 Å². The van der Waals surface area contributed by atoms with Crippen LogP contribution in [0.25, 0.3) is 5.65 Å². The zero-order valence-electron chi connectivity index (χ0n) is 16.2. The van der Waals surface area contributed by atoms with E-state index in [1.165, 1.54) is 12.1 Å². The number of anilines is 1. The largest absolute Gasteiger partial charge is 0.351 e. The molecule has 4 heterocycles. The predicted octanol–water partition coefficient (Wildman–Crippen LogP) is 0.466. The number of H-pyrrole nitrogens is 1. The van der Waals surface area contributed by atoms with Crippen LogP contribution in [0.2, 0.25) is 0 Å². The average molecular weight is 382 g/mol. The van der Waals surface area contributed by atoms with Gasteiger partial charge in [-0.05, 0) is 18.2 Å². The molecule has 1 N–H and O–H groups in total. The molecule has 0 atom stereocenters. The molecule has 0 bridgehead atoms. The molecule has 1 aliphatic heterocycles. The fourth-order valence-electron chi connectivity index (χ4n) is 3.11. The number of hydrogen-bond acceptors (Lipinski definition) is 7. The fourth-order valence-corrected chi connectivity index (χ4v) is 3.11. The maximum Gasteiger partial charge on any atom is 0.274 e. The summed E-state index contributed by atoms with van der Waals surface area (Å²) >= 11 is 0. The number of aromatic nitrogens is 6. The molecule has 1 saturated heterocycles. The first-order chi connectivity index (χ1) is 13.2. The molecule has 0 aromatic carbocycles. The summed E-state index contributed by atoms with van der Waals surface area (Å²) in [7, 11) is 1.74. The third kappa shape index (κ3) is 3.10. The van der Waals surface area contributed by atoms with Gasteiger partial charge >= 0.3 is 0 Å².